The third-order valence-corrected chi connectivity index (χ3v) is 6.49. The largest absolute Gasteiger partial charge is 0.382 e. The monoisotopic (exact) mass is 493 g/mol. The molecule has 1 saturated heterocycles. The molecule has 1 fully saturated rings. The average Bonchev–Trinajstić information content (AvgIpc) is 3.63. The highest BCUT2D eigenvalue weighted by Crippen LogP contribution is 2.24. The number of methoxy groups -OCH3 is 1. The van der Waals surface area contributed by atoms with E-state index >= 15 is 0 Å². The number of piperazine rings is 1. The molecule has 186 valence electrons. The normalized spacial score (nSPS) is 16.2. The Morgan fingerprint density at radius 1 is 0.973 bits per heavy atom. The Hall–Kier alpha value is -4.57. The summed E-state index contributed by atoms with van der Waals surface area (Å²) in [5, 5.41) is 4.20. The summed E-state index contributed by atoms with van der Waals surface area (Å²) in [5.74, 6) is 1.50. The third kappa shape index (κ3) is 4.91. The molecule has 0 bridgehead atoms. The minimum Gasteiger partial charge on any atom is -0.382 e. The number of anilines is 2. The lowest BCUT2D eigenvalue weighted by atomic mass is 10.1. The van der Waals surface area contributed by atoms with Crippen molar-refractivity contribution in [2.75, 3.05) is 43.2 Å². The first-order chi connectivity index (χ1) is 18.3. The fourth-order valence-electron chi connectivity index (χ4n) is 4.60. The van der Waals surface area contributed by atoms with Crippen molar-refractivity contribution >= 4 is 29.3 Å². The Balaban J connectivity index is 1.13. The minimum absolute atomic E-state index is 0.139. The first kappa shape index (κ1) is 22.9. The van der Waals surface area contributed by atoms with Crippen LogP contribution in [0.5, 0.6) is 0 Å². The number of pyridine rings is 1. The van der Waals surface area contributed by atoms with Crippen molar-refractivity contribution in [1.82, 2.24) is 34.1 Å². The van der Waals surface area contributed by atoms with Crippen LogP contribution in [-0.2, 0) is 4.74 Å². The lowest BCUT2D eigenvalue weighted by Crippen LogP contribution is -2.55. The van der Waals surface area contributed by atoms with E-state index in [0.29, 0.717) is 6.61 Å². The predicted molar refractivity (Wildman–Crippen MR) is 143 cm³/mol. The second kappa shape index (κ2) is 10.2. The zero-order chi connectivity index (χ0) is 25.0. The highest BCUT2D eigenvalue weighted by Gasteiger charge is 2.29. The fraction of sp³-hybridized carbons (Fsp3) is 0.222. The molecule has 0 spiro atoms. The van der Waals surface area contributed by atoms with E-state index in [9.17, 15) is 0 Å². The molecule has 37 heavy (non-hydrogen) atoms. The Morgan fingerprint density at radius 3 is 2.59 bits per heavy atom. The van der Waals surface area contributed by atoms with Crippen molar-refractivity contribution in [3.63, 3.8) is 0 Å². The van der Waals surface area contributed by atoms with E-state index in [1.807, 2.05) is 67.5 Å². The third-order valence-electron chi connectivity index (χ3n) is 6.49. The lowest BCUT2D eigenvalue weighted by molar-refractivity contribution is 0.173. The number of hydrogen-bond donors (Lipinski definition) is 0. The number of rotatable bonds is 7. The van der Waals surface area contributed by atoms with E-state index in [-0.39, 0.29) is 6.04 Å². The molecule has 0 amide bonds. The molecule has 0 aliphatic carbocycles. The second-order valence-corrected chi connectivity index (χ2v) is 8.91. The van der Waals surface area contributed by atoms with Gasteiger partial charge in [0.05, 0.1) is 30.0 Å². The molecule has 5 aromatic rings. The van der Waals surface area contributed by atoms with Gasteiger partial charge in [0.2, 0.25) is 5.95 Å². The maximum atomic E-state index is 5.56. The van der Waals surface area contributed by atoms with Gasteiger partial charge in [-0.1, -0.05) is 12.2 Å². The van der Waals surface area contributed by atoms with Gasteiger partial charge in [-0.05, 0) is 29.8 Å². The summed E-state index contributed by atoms with van der Waals surface area (Å²) in [6.45, 7) is 3.10. The van der Waals surface area contributed by atoms with Crippen molar-refractivity contribution in [3.8, 4) is 5.82 Å². The van der Waals surface area contributed by atoms with Gasteiger partial charge in [-0.3, -0.25) is 4.98 Å². The number of hydrogen-bond acceptors (Lipinski definition) is 8. The van der Waals surface area contributed by atoms with Crippen LogP contribution >= 0.6 is 0 Å². The molecule has 0 saturated carbocycles. The molecule has 0 aromatic carbocycles. The Kier molecular flexibility index (Phi) is 6.30. The van der Waals surface area contributed by atoms with Crippen molar-refractivity contribution in [2.24, 2.45) is 0 Å². The van der Waals surface area contributed by atoms with Crippen molar-refractivity contribution in [1.29, 1.82) is 0 Å². The Labute approximate surface area is 214 Å². The fourth-order valence-corrected chi connectivity index (χ4v) is 4.60. The lowest BCUT2D eigenvalue weighted by Gasteiger charge is -2.41. The van der Waals surface area contributed by atoms with E-state index < -0.39 is 0 Å². The minimum atomic E-state index is 0.139. The summed E-state index contributed by atoms with van der Waals surface area (Å²) in [4.78, 5) is 22.7. The summed E-state index contributed by atoms with van der Waals surface area (Å²) < 4.78 is 9.39. The van der Waals surface area contributed by atoms with Gasteiger partial charge in [0, 0.05) is 81.9 Å². The van der Waals surface area contributed by atoms with E-state index in [4.69, 9.17) is 4.74 Å². The maximum absolute atomic E-state index is 5.56. The predicted octanol–water partition coefficient (Wildman–Crippen LogP) is 3.22. The van der Waals surface area contributed by atoms with Crippen LogP contribution in [0.25, 0.3) is 23.5 Å². The zero-order valence-electron chi connectivity index (χ0n) is 20.5. The summed E-state index contributed by atoms with van der Waals surface area (Å²) >= 11 is 0. The molecule has 1 atom stereocenters. The van der Waals surface area contributed by atoms with Gasteiger partial charge in [-0.2, -0.15) is 5.10 Å². The average molecular weight is 494 g/mol. The molecule has 0 unspecified atom stereocenters. The van der Waals surface area contributed by atoms with Crippen LogP contribution in [0.1, 0.15) is 11.1 Å². The van der Waals surface area contributed by atoms with E-state index in [0.717, 1.165) is 48.0 Å². The van der Waals surface area contributed by atoms with E-state index in [1.54, 1.807) is 24.2 Å². The summed E-state index contributed by atoms with van der Waals surface area (Å²) in [6, 6.07) is 8.13. The van der Waals surface area contributed by atoms with Crippen LogP contribution in [0.4, 0.5) is 11.6 Å². The van der Waals surface area contributed by atoms with Gasteiger partial charge < -0.3 is 18.9 Å². The molecule has 10 nitrogen and oxygen atoms in total. The SMILES string of the molecule is COC[C@H]1CN(c2cc3cnccn3c2)CCN1c1ncc(/C=C/c2ccc(-n3cccn3)nc2)cn1. The highest BCUT2D eigenvalue weighted by atomic mass is 16.5. The topological polar surface area (TPSA) is 89.5 Å². The molecular weight excluding hydrogens is 466 g/mol. The van der Waals surface area contributed by atoms with Crippen LogP contribution in [-0.4, -0.2) is 73.5 Å². The number of aromatic nitrogens is 7. The van der Waals surface area contributed by atoms with Gasteiger partial charge in [-0.25, -0.2) is 19.6 Å². The second-order valence-electron chi connectivity index (χ2n) is 8.91. The Bertz CT molecular complexity index is 1440. The molecule has 1 aliphatic heterocycles. The smallest absolute Gasteiger partial charge is 0.225 e. The van der Waals surface area contributed by atoms with E-state index in [1.165, 1.54) is 5.69 Å². The van der Waals surface area contributed by atoms with Gasteiger partial charge in [0.25, 0.3) is 0 Å². The first-order valence-corrected chi connectivity index (χ1v) is 12.2. The molecule has 6 heterocycles. The molecule has 0 radical (unpaired) electrons. The summed E-state index contributed by atoms with van der Waals surface area (Å²) in [6.07, 6.45) is 20.9. The van der Waals surface area contributed by atoms with Crippen LogP contribution in [0.3, 0.4) is 0 Å². The molecule has 5 aromatic heterocycles. The summed E-state index contributed by atoms with van der Waals surface area (Å²) in [5.41, 5.74) is 4.18. The quantitative estimate of drug-likeness (QED) is 0.342. The van der Waals surface area contributed by atoms with E-state index in [2.05, 4.69) is 51.5 Å². The standard InChI is InChI=1S/C27H27N9O/c1-37-20-25-19-34(24-13-23-17-28-8-10-33(23)18-24)11-12-35(25)27-30-15-22(16-31-27)4-3-21-5-6-26(29-14-21)36-9-2-7-32-36/h2-10,13-18,25H,11-12,19-20H2,1H3/b4-3+/t25-/m1/s1. The van der Waals surface area contributed by atoms with Gasteiger partial charge >= 0.3 is 0 Å². The highest BCUT2D eigenvalue weighted by molar-refractivity contribution is 5.69. The van der Waals surface area contributed by atoms with Crippen molar-refractivity contribution < 1.29 is 4.74 Å². The number of ether oxygens (including phenoxy) is 1. The number of fused-ring (bicyclic) bond motifs is 1. The molecule has 6 rings (SSSR count). The molecular formula is C27H27N9O. The van der Waals surface area contributed by atoms with Crippen molar-refractivity contribution in [2.45, 2.75) is 6.04 Å². The van der Waals surface area contributed by atoms with Gasteiger partial charge in [0.1, 0.15) is 0 Å². The van der Waals surface area contributed by atoms with Gasteiger partial charge in [0.15, 0.2) is 5.82 Å². The van der Waals surface area contributed by atoms with Crippen molar-refractivity contribution in [3.05, 3.63) is 91.2 Å². The van der Waals surface area contributed by atoms with Crippen LogP contribution < -0.4 is 9.80 Å². The zero-order valence-corrected chi connectivity index (χ0v) is 20.5. The van der Waals surface area contributed by atoms with Crippen LogP contribution in [0.15, 0.2) is 80.0 Å². The molecule has 0 N–H and O–H groups in total. The maximum Gasteiger partial charge on any atom is 0.225 e. The first-order valence-electron chi connectivity index (χ1n) is 12.2. The summed E-state index contributed by atoms with van der Waals surface area (Å²) in [7, 11) is 1.74. The van der Waals surface area contributed by atoms with Gasteiger partial charge in [-0.15, -0.1) is 0 Å². The number of nitrogens with zero attached hydrogens (tertiary/aromatic N) is 9. The molecule has 10 heteroatoms. The van der Waals surface area contributed by atoms with Crippen LogP contribution in [0, 0.1) is 0 Å². The van der Waals surface area contributed by atoms with Crippen LogP contribution in [0.2, 0.25) is 0 Å². The Morgan fingerprint density at radius 2 is 1.84 bits per heavy atom. The molecule has 1 aliphatic rings.